The number of hydrogen-bond acceptors (Lipinski definition) is 12. The first-order valence-electron chi connectivity index (χ1n) is 26.8. The van der Waals surface area contributed by atoms with Gasteiger partial charge in [0.1, 0.15) is 11.6 Å². The predicted molar refractivity (Wildman–Crippen MR) is 306 cm³/mol. The van der Waals surface area contributed by atoms with Crippen LogP contribution in [0.25, 0.3) is 0 Å². The Morgan fingerprint density at radius 3 is 1.36 bits per heavy atom. The van der Waals surface area contributed by atoms with Gasteiger partial charge in [0, 0.05) is 123 Å². The highest BCUT2D eigenvalue weighted by Crippen LogP contribution is 2.41. The highest BCUT2D eigenvalue weighted by atomic mass is 35.5. The molecule has 2 fully saturated rings. The summed E-state index contributed by atoms with van der Waals surface area (Å²) in [5, 5.41) is 12.9. The van der Waals surface area contributed by atoms with E-state index in [2.05, 4.69) is 40.5 Å². The Bertz CT molecular complexity index is 2870. The van der Waals surface area contributed by atoms with E-state index >= 15 is 8.78 Å². The molecule has 6 N–H and O–H groups in total. The SMILES string of the molecule is CN1Cc2c(Cl)cc(Cl)cc2C(c2cc(S(=O)(=O)N[C@@H]3CCN(CCOCCNC(=O)NCCCCNC(=O)NCCOCCN4CC[C@@H](NS(=O)(=O)c5ccc(F)c(C6CN(C)Cc7c(Cl)cc(Cl)cc76)c5)C4)C3)ccc2F)C1. The van der Waals surface area contributed by atoms with Crippen LogP contribution < -0.4 is 30.7 Å². The number of ether oxygens (including phenoxy) is 2. The van der Waals surface area contributed by atoms with E-state index in [9.17, 15) is 26.4 Å². The lowest BCUT2D eigenvalue weighted by Crippen LogP contribution is -2.39. The van der Waals surface area contributed by atoms with Crippen LogP contribution in [0.5, 0.6) is 0 Å². The van der Waals surface area contributed by atoms with Crippen LogP contribution in [0.1, 0.15) is 70.9 Å². The Labute approximate surface area is 487 Å². The first-order valence-corrected chi connectivity index (χ1v) is 31.3. The standard InChI is InChI=1S/C54H70Cl4F2N10O8S2/c1-67-31-45(41-23-35(55)25-49(57)47(41)33-67)43-27-39(5-7-51(43)59)79(73,74)65-37-9-15-69(29-37)17-21-77-19-13-63-53(71)61-11-3-4-12-62-54(72)64-14-20-78-22-18-70-16-10-38(30-70)66-80(75,76)40-6-8-52(60)44(28-40)46-32-68(2)34-48-42(46)24-36(56)26-50(48)58/h5-8,23-28,37-38,45-46,65-66H,3-4,9-22,29-34H2,1-2H3,(H2,61,63,71)(H2,62,64,72)/t37-,38-,45?,46?/m1/s1. The molecule has 2 unspecified atom stereocenters. The van der Waals surface area contributed by atoms with Crippen molar-refractivity contribution >= 4 is 78.5 Å². The van der Waals surface area contributed by atoms with Crippen molar-refractivity contribution in [2.75, 3.05) is 119 Å². The Hall–Kier alpha value is -3.98. The molecule has 4 heterocycles. The van der Waals surface area contributed by atoms with Crippen molar-refractivity contribution < 1.29 is 44.7 Å². The molecule has 26 heteroatoms. The average Bonchev–Trinajstić information content (AvgIpc) is 4.06. The molecule has 4 aromatic carbocycles. The second kappa shape index (κ2) is 28.5. The number of fused-ring (bicyclic) bond motifs is 2. The maximum absolute atomic E-state index is 15.4. The summed E-state index contributed by atoms with van der Waals surface area (Å²) in [6.45, 7) is 8.38. The molecule has 0 saturated carbocycles. The van der Waals surface area contributed by atoms with Crippen LogP contribution in [-0.2, 0) is 42.6 Å². The third-order valence-corrected chi connectivity index (χ3v) is 19.0. The lowest BCUT2D eigenvalue weighted by atomic mass is 9.84. The van der Waals surface area contributed by atoms with Gasteiger partial charge in [-0.3, -0.25) is 9.80 Å². The molecule has 4 aliphatic rings. The van der Waals surface area contributed by atoms with Crippen LogP contribution in [0, 0.1) is 11.6 Å². The molecular formula is C54H70Cl4F2N10O8S2. The van der Waals surface area contributed by atoms with Crippen molar-refractivity contribution in [3.63, 3.8) is 0 Å². The fourth-order valence-electron chi connectivity index (χ4n) is 10.8. The predicted octanol–water partition coefficient (Wildman–Crippen LogP) is 6.55. The topological polar surface area (TPSA) is 206 Å². The van der Waals surface area contributed by atoms with Crippen LogP contribution >= 0.6 is 46.4 Å². The number of sulfonamides is 2. The third kappa shape index (κ3) is 16.9. The Morgan fingerprint density at radius 1 is 0.550 bits per heavy atom. The zero-order chi connectivity index (χ0) is 57.1. The average molecular weight is 1230 g/mol. The van der Waals surface area contributed by atoms with E-state index < -0.39 is 43.5 Å². The monoisotopic (exact) mass is 1230 g/mol. The summed E-state index contributed by atoms with van der Waals surface area (Å²) in [4.78, 5) is 32.7. The molecule has 0 bridgehead atoms. The van der Waals surface area contributed by atoms with Gasteiger partial charge in [-0.25, -0.2) is 44.6 Å². The van der Waals surface area contributed by atoms with Crippen molar-refractivity contribution in [2.45, 2.75) is 72.5 Å². The van der Waals surface area contributed by atoms with Crippen LogP contribution in [0.4, 0.5) is 18.4 Å². The summed E-state index contributed by atoms with van der Waals surface area (Å²) >= 11 is 25.7. The molecule has 0 radical (unpaired) electrons. The van der Waals surface area contributed by atoms with Crippen LogP contribution in [0.15, 0.2) is 70.5 Å². The van der Waals surface area contributed by atoms with E-state index in [1.807, 2.05) is 23.9 Å². The number of nitrogens with one attached hydrogen (secondary N) is 6. The van der Waals surface area contributed by atoms with E-state index in [-0.39, 0.29) is 45.1 Å². The number of benzene rings is 4. The minimum Gasteiger partial charge on any atom is -0.378 e. The summed E-state index contributed by atoms with van der Waals surface area (Å²) < 4.78 is 102. The van der Waals surface area contributed by atoms with E-state index in [0.29, 0.717) is 164 Å². The van der Waals surface area contributed by atoms with Crippen LogP contribution in [0.2, 0.25) is 20.1 Å². The van der Waals surface area contributed by atoms with E-state index in [4.69, 9.17) is 55.9 Å². The second-order valence-corrected chi connectivity index (χ2v) is 26.0. The number of hydrogen-bond donors (Lipinski definition) is 6. The summed E-state index contributed by atoms with van der Waals surface area (Å²) in [6.07, 6.45) is 2.50. The Morgan fingerprint density at radius 2 is 0.950 bits per heavy atom. The largest absolute Gasteiger partial charge is 0.378 e. The van der Waals surface area contributed by atoms with Gasteiger partial charge in [-0.2, -0.15) is 0 Å². The number of carbonyl (C=O) groups is 2. The molecule has 4 amide bonds. The molecule has 8 rings (SSSR count). The maximum atomic E-state index is 15.4. The molecule has 4 aromatic rings. The van der Waals surface area contributed by atoms with Crippen molar-refractivity contribution in [3.8, 4) is 0 Å². The highest BCUT2D eigenvalue weighted by molar-refractivity contribution is 7.89. The van der Waals surface area contributed by atoms with Gasteiger partial charge in [0.15, 0.2) is 0 Å². The fraction of sp³-hybridized carbons (Fsp3) is 0.519. The lowest BCUT2D eigenvalue weighted by Gasteiger charge is -2.33. The molecule has 0 aliphatic carbocycles. The molecule has 438 valence electrons. The number of unbranched alkanes of at least 4 members (excludes halogenated alkanes) is 1. The van der Waals surface area contributed by atoms with Gasteiger partial charge in [-0.05, 0) is 147 Å². The number of rotatable bonds is 25. The summed E-state index contributed by atoms with van der Waals surface area (Å²) in [5.74, 6) is -1.93. The minimum atomic E-state index is -3.96. The second-order valence-electron chi connectivity index (χ2n) is 20.9. The molecule has 80 heavy (non-hydrogen) atoms. The third-order valence-electron chi connectivity index (χ3n) is 14.8. The number of nitrogens with zero attached hydrogens (tertiary/aromatic N) is 4. The first-order chi connectivity index (χ1) is 38.2. The van der Waals surface area contributed by atoms with Crippen LogP contribution in [-0.4, -0.2) is 180 Å². The molecule has 0 aromatic heterocycles. The lowest BCUT2D eigenvalue weighted by molar-refractivity contribution is 0.113. The summed E-state index contributed by atoms with van der Waals surface area (Å²) in [5.41, 5.74) is 3.77. The van der Waals surface area contributed by atoms with Gasteiger partial charge in [0.05, 0.1) is 36.2 Å². The van der Waals surface area contributed by atoms with Crippen molar-refractivity contribution in [1.82, 2.24) is 50.3 Å². The van der Waals surface area contributed by atoms with Gasteiger partial charge in [0.2, 0.25) is 20.0 Å². The molecule has 2 saturated heterocycles. The van der Waals surface area contributed by atoms with E-state index in [1.54, 1.807) is 24.3 Å². The normalized spacial score (nSPS) is 20.1. The van der Waals surface area contributed by atoms with Crippen molar-refractivity contribution in [3.05, 3.63) is 126 Å². The Kier molecular flexibility index (Phi) is 22.1. The number of halogens is 6. The van der Waals surface area contributed by atoms with Crippen LogP contribution in [0.3, 0.4) is 0 Å². The van der Waals surface area contributed by atoms with Gasteiger partial charge >= 0.3 is 12.1 Å². The molecule has 4 atom stereocenters. The molecule has 18 nitrogen and oxygen atoms in total. The first kappa shape index (κ1) is 62.1. The minimum absolute atomic E-state index is 0.0132. The zero-order valence-corrected chi connectivity index (χ0v) is 49.4. The zero-order valence-electron chi connectivity index (χ0n) is 44.8. The van der Waals surface area contributed by atoms with Crippen molar-refractivity contribution in [1.29, 1.82) is 0 Å². The van der Waals surface area contributed by atoms with E-state index in [0.717, 1.165) is 22.3 Å². The van der Waals surface area contributed by atoms with Gasteiger partial charge in [-0.1, -0.05) is 46.4 Å². The summed E-state index contributed by atoms with van der Waals surface area (Å²) in [7, 11) is -4.12. The van der Waals surface area contributed by atoms with Gasteiger partial charge < -0.3 is 40.5 Å². The quantitative estimate of drug-likeness (QED) is 0.0391. The van der Waals surface area contributed by atoms with Gasteiger partial charge in [-0.15, -0.1) is 0 Å². The fourth-order valence-corrected chi connectivity index (χ4v) is 14.5. The number of urea groups is 2. The highest BCUT2D eigenvalue weighted by Gasteiger charge is 2.34. The smallest absolute Gasteiger partial charge is 0.314 e. The maximum Gasteiger partial charge on any atom is 0.314 e. The molecule has 0 spiro atoms. The molecule has 4 aliphatic heterocycles. The Balaban J connectivity index is 0.619. The molecular weight excluding hydrogens is 1160 g/mol. The number of amides is 4. The number of likely N-dealkylation sites (N-methyl/N-ethyl adjacent to an activating group) is 2. The van der Waals surface area contributed by atoms with Crippen molar-refractivity contribution in [2.24, 2.45) is 0 Å². The number of likely N-dealkylation sites (tertiary alicyclic amines) is 2. The van der Waals surface area contributed by atoms with Gasteiger partial charge in [0.25, 0.3) is 0 Å². The summed E-state index contributed by atoms with van der Waals surface area (Å²) in [6, 6.07) is 13.3. The number of carbonyl (C=O) groups excluding carboxylic acids is 2. The van der Waals surface area contributed by atoms with E-state index in [1.165, 1.54) is 36.4 Å².